The molecule has 0 saturated carbocycles. The van der Waals surface area contributed by atoms with E-state index in [0.717, 1.165) is 48.9 Å². The third-order valence-electron chi connectivity index (χ3n) is 5.50. The molecule has 2 heterocycles. The highest BCUT2D eigenvalue weighted by Gasteiger charge is 2.25. The first-order valence-electron chi connectivity index (χ1n) is 9.20. The molecule has 0 atom stereocenters. The fourth-order valence-corrected chi connectivity index (χ4v) is 4.12. The van der Waals surface area contributed by atoms with E-state index in [4.69, 9.17) is 11.6 Å². The molecule has 3 nitrogen and oxygen atoms in total. The first kappa shape index (κ1) is 17.2. The molecule has 1 aromatic heterocycles. The Bertz CT molecular complexity index is 924. The maximum atomic E-state index is 13.0. The number of carbonyl (C=O) groups excluding carboxylic acids is 1. The Labute approximate surface area is 159 Å². The first-order valence-corrected chi connectivity index (χ1v) is 9.58. The van der Waals surface area contributed by atoms with Gasteiger partial charge in [0.15, 0.2) is 0 Å². The number of benzene rings is 2. The molecule has 1 saturated heterocycles. The second-order valence-corrected chi connectivity index (χ2v) is 7.65. The van der Waals surface area contributed by atoms with Crippen LogP contribution in [0.1, 0.15) is 28.9 Å². The van der Waals surface area contributed by atoms with Crippen LogP contribution in [0.15, 0.2) is 54.6 Å². The summed E-state index contributed by atoms with van der Waals surface area (Å²) in [4.78, 5) is 15.0. The molecule has 1 amide bonds. The fourth-order valence-electron chi connectivity index (χ4n) is 3.96. The summed E-state index contributed by atoms with van der Waals surface area (Å²) in [5.41, 5.74) is 3.13. The highest BCUT2D eigenvalue weighted by Crippen LogP contribution is 2.26. The molecule has 0 unspecified atom stereocenters. The van der Waals surface area contributed by atoms with E-state index in [2.05, 4.69) is 30.3 Å². The number of hydrogen-bond acceptors (Lipinski definition) is 1. The number of halogens is 1. The minimum Gasteiger partial charge on any atom is -0.340 e. The van der Waals surface area contributed by atoms with Gasteiger partial charge in [0.2, 0.25) is 0 Å². The molecule has 0 N–H and O–H groups in total. The average Bonchev–Trinajstić information content (AvgIpc) is 2.99. The molecule has 26 heavy (non-hydrogen) atoms. The highest BCUT2D eigenvalue weighted by atomic mass is 35.5. The van der Waals surface area contributed by atoms with Crippen LogP contribution in [0.3, 0.4) is 0 Å². The van der Waals surface area contributed by atoms with Crippen molar-refractivity contribution in [3.63, 3.8) is 0 Å². The number of carbonyl (C=O) groups is 1. The summed E-state index contributed by atoms with van der Waals surface area (Å²) >= 11 is 6.10. The number of hydrogen-bond donors (Lipinski definition) is 0. The Morgan fingerprint density at radius 3 is 2.54 bits per heavy atom. The van der Waals surface area contributed by atoms with E-state index in [1.165, 1.54) is 5.56 Å². The lowest BCUT2D eigenvalue weighted by atomic mass is 9.90. The number of fused-ring (bicyclic) bond motifs is 1. The van der Waals surface area contributed by atoms with Crippen LogP contribution in [0.2, 0.25) is 5.02 Å². The van der Waals surface area contributed by atoms with E-state index in [1.54, 1.807) is 0 Å². The zero-order chi connectivity index (χ0) is 18.1. The van der Waals surface area contributed by atoms with Crippen LogP contribution in [0.5, 0.6) is 0 Å². The van der Waals surface area contributed by atoms with E-state index < -0.39 is 0 Å². The summed E-state index contributed by atoms with van der Waals surface area (Å²) in [7, 11) is 1.94. The average molecular weight is 367 g/mol. The number of aryl methyl sites for hydroxylation is 1. The van der Waals surface area contributed by atoms with Crippen molar-refractivity contribution >= 4 is 28.4 Å². The molecule has 4 heteroatoms. The molecule has 4 rings (SSSR count). The molecule has 1 aliphatic rings. The topological polar surface area (TPSA) is 25.2 Å². The summed E-state index contributed by atoms with van der Waals surface area (Å²) in [5.74, 6) is 0.783. The SMILES string of the molecule is Cn1c(C(=O)N2CCC(Cc3ccccc3)CC2)cc2ccc(Cl)cc21. The van der Waals surface area contributed by atoms with Crippen LogP contribution >= 0.6 is 11.6 Å². The zero-order valence-electron chi connectivity index (χ0n) is 15.0. The Kier molecular flexibility index (Phi) is 4.73. The van der Waals surface area contributed by atoms with Gasteiger partial charge in [0.1, 0.15) is 5.69 Å². The smallest absolute Gasteiger partial charge is 0.270 e. The molecular weight excluding hydrogens is 344 g/mol. The van der Waals surface area contributed by atoms with Crippen LogP contribution < -0.4 is 0 Å². The van der Waals surface area contributed by atoms with Crippen LogP contribution in [-0.2, 0) is 13.5 Å². The molecule has 0 bridgehead atoms. The van der Waals surface area contributed by atoms with E-state index in [9.17, 15) is 4.79 Å². The molecule has 0 spiro atoms. The lowest BCUT2D eigenvalue weighted by molar-refractivity contribution is 0.0681. The molecular formula is C22H23ClN2O. The Morgan fingerprint density at radius 1 is 1.08 bits per heavy atom. The van der Waals surface area contributed by atoms with Gasteiger partial charge in [-0.2, -0.15) is 0 Å². The van der Waals surface area contributed by atoms with Gasteiger partial charge in [-0.05, 0) is 48.9 Å². The third-order valence-corrected chi connectivity index (χ3v) is 5.73. The van der Waals surface area contributed by atoms with Crippen LogP contribution in [0.25, 0.3) is 10.9 Å². The maximum absolute atomic E-state index is 13.0. The molecule has 2 aromatic carbocycles. The van der Waals surface area contributed by atoms with Gasteiger partial charge in [0.05, 0.1) is 0 Å². The van der Waals surface area contributed by atoms with Gasteiger partial charge in [-0.1, -0.05) is 48.0 Å². The molecule has 3 aromatic rings. The summed E-state index contributed by atoms with van der Waals surface area (Å²) < 4.78 is 1.96. The van der Waals surface area contributed by atoms with Gasteiger partial charge in [-0.3, -0.25) is 4.79 Å². The van der Waals surface area contributed by atoms with E-state index in [1.807, 2.05) is 40.8 Å². The van der Waals surface area contributed by atoms with E-state index in [-0.39, 0.29) is 5.91 Å². The fraction of sp³-hybridized carbons (Fsp3) is 0.318. The van der Waals surface area contributed by atoms with E-state index >= 15 is 0 Å². The number of nitrogens with zero attached hydrogens (tertiary/aromatic N) is 2. The van der Waals surface area contributed by atoms with Gasteiger partial charge in [0, 0.05) is 36.1 Å². The Hall–Kier alpha value is -2.26. The molecule has 0 radical (unpaired) electrons. The predicted molar refractivity (Wildman–Crippen MR) is 107 cm³/mol. The summed E-state index contributed by atoms with van der Waals surface area (Å²) in [5, 5.41) is 1.75. The number of amides is 1. The van der Waals surface area contributed by atoms with Gasteiger partial charge >= 0.3 is 0 Å². The van der Waals surface area contributed by atoms with E-state index in [0.29, 0.717) is 10.9 Å². The Morgan fingerprint density at radius 2 is 1.81 bits per heavy atom. The van der Waals surface area contributed by atoms with Crippen molar-refractivity contribution < 1.29 is 4.79 Å². The largest absolute Gasteiger partial charge is 0.340 e. The monoisotopic (exact) mass is 366 g/mol. The second kappa shape index (κ2) is 7.16. The number of aromatic nitrogens is 1. The van der Waals surface area contributed by atoms with Crippen molar-refractivity contribution in [2.45, 2.75) is 19.3 Å². The number of likely N-dealkylation sites (tertiary alicyclic amines) is 1. The molecule has 134 valence electrons. The number of piperidine rings is 1. The van der Waals surface area contributed by atoms with Crippen LogP contribution in [0.4, 0.5) is 0 Å². The van der Waals surface area contributed by atoms with Crippen LogP contribution in [-0.4, -0.2) is 28.5 Å². The van der Waals surface area contributed by atoms with Gasteiger partial charge < -0.3 is 9.47 Å². The third kappa shape index (κ3) is 3.36. The lowest BCUT2D eigenvalue weighted by Gasteiger charge is -2.32. The van der Waals surface area contributed by atoms with Crippen molar-refractivity contribution in [3.8, 4) is 0 Å². The van der Waals surface area contributed by atoms with Crippen molar-refractivity contribution in [2.75, 3.05) is 13.1 Å². The zero-order valence-corrected chi connectivity index (χ0v) is 15.7. The van der Waals surface area contributed by atoms with Crippen molar-refractivity contribution in [3.05, 3.63) is 70.9 Å². The normalized spacial score (nSPS) is 15.5. The predicted octanol–water partition coefficient (Wildman–Crippen LogP) is 4.93. The standard InChI is InChI=1S/C22H23ClN2O/c1-24-20-15-19(23)8-7-18(20)14-21(24)22(26)25-11-9-17(10-12-25)13-16-5-3-2-4-6-16/h2-8,14-15,17H,9-13H2,1H3. The quantitative estimate of drug-likeness (QED) is 0.645. The van der Waals surface area contributed by atoms with Gasteiger partial charge in [-0.25, -0.2) is 0 Å². The lowest BCUT2D eigenvalue weighted by Crippen LogP contribution is -2.39. The molecule has 0 aliphatic carbocycles. The van der Waals surface area contributed by atoms with Gasteiger partial charge in [0.25, 0.3) is 5.91 Å². The number of rotatable bonds is 3. The Balaban J connectivity index is 1.44. The van der Waals surface area contributed by atoms with Crippen molar-refractivity contribution in [2.24, 2.45) is 13.0 Å². The molecule has 1 aliphatic heterocycles. The van der Waals surface area contributed by atoms with Crippen molar-refractivity contribution in [1.82, 2.24) is 9.47 Å². The minimum absolute atomic E-state index is 0.123. The minimum atomic E-state index is 0.123. The summed E-state index contributed by atoms with van der Waals surface area (Å²) in [6.07, 6.45) is 3.24. The van der Waals surface area contributed by atoms with Crippen LogP contribution in [0, 0.1) is 5.92 Å². The molecule has 1 fully saturated rings. The first-order chi connectivity index (χ1) is 12.6. The second-order valence-electron chi connectivity index (χ2n) is 7.22. The van der Waals surface area contributed by atoms with Crippen molar-refractivity contribution in [1.29, 1.82) is 0 Å². The maximum Gasteiger partial charge on any atom is 0.270 e. The highest BCUT2D eigenvalue weighted by molar-refractivity contribution is 6.31. The summed E-state index contributed by atoms with van der Waals surface area (Å²) in [6, 6.07) is 18.4. The van der Waals surface area contributed by atoms with Gasteiger partial charge in [-0.15, -0.1) is 0 Å². The summed E-state index contributed by atoms with van der Waals surface area (Å²) in [6.45, 7) is 1.66.